The third kappa shape index (κ3) is 3.10. The van der Waals surface area contributed by atoms with Gasteiger partial charge in [0, 0.05) is 0 Å². The van der Waals surface area contributed by atoms with Gasteiger partial charge in [0.1, 0.15) is 11.9 Å². The second kappa shape index (κ2) is 5.82. The molecule has 0 aliphatic carbocycles. The van der Waals surface area contributed by atoms with Crippen molar-refractivity contribution in [1.29, 1.82) is 0 Å². The van der Waals surface area contributed by atoms with Crippen LogP contribution in [-0.2, 0) is 4.79 Å². The van der Waals surface area contributed by atoms with Crippen LogP contribution in [0.3, 0.4) is 0 Å². The number of benzene rings is 2. The standard InChI is InChI=1S/C14H12ClFN2O/c15-10-7-4-8-11(16)13(10)18-14(19)12(17)9-5-2-1-3-6-9/h1-8,12H,17H2,(H,18,19). The van der Waals surface area contributed by atoms with Crippen LogP contribution in [-0.4, -0.2) is 5.91 Å². The maximum Gasteiger partial charge on any atom is 0.246 e. The van der Waals surface area contributed by atoms with Crippen LogP contribution in [0.15, 0.2) is 48.5 Å². The van der Waals surface area contributed by atoms with Crippen molar-refractivity contribution in [3.05, 3.63) is 64.9 Å². The summed E-state index contributed by atoms with van der Waals surface area (Å²) in [6.07, 6.45) is 0. The summed E-state index contributed by atoms with van der Waals surface area (Å²) in [6, 6.07) is 12.1. The van der Waals surface area contributed by atoms with Gasteiger partial charge in [-0.3, -0.25) is 4.79 Å². The molecule has 2 aromatic carbocycles. The first-order valence-electron chi connectivity index (χ1n) is 5.65. The van der Waals surface area contributed by atoms with Crippen LogP contribution in [0.5, 0.6) is 0 Å². The fraction of sp³-hybridized carbons (Fsp3) is 0.0714. The van der Waals surface area contributed by atoms with E-state index in [0.29, 0.717) is 5.56 Å². The molecule has 5 heteroatoms. The van der Waals surface area contributed by atoms with E-state index in [4.69, 9.17) is 17.3 Å². The summed E-state index contributed by atoms with van der Waals surface area (Å²) in [4.78, 5) is 12.0. The highest BCUT2D eigenvalue weighted by atomic mass is 35.5. The second-order valence-corrected chi connectivity index (χ2v) is 4.38. The molecular weight excluding hydrogens is 267 g/mol. The number of carbonyl (C=O) groups excluding carboxylic acids is 1. The van der Waals surface area contributed by atoms with Gasteiger partial charge in [-0.15, -0.1) is 0 Å². The summed E-state index contributed by atoms with van der Waals surface area (Å²) >= 11 is 5.83. The predicted molar refractivity (Wildman–Crippen MR) is 73.4 cm³/mol. The summed E-state index contributed by atoms with van der Waals surface area (Å²) in [5.41, 5.74) is 6.40. The lowest BCUT2D eigenvalue weighted by atomic mass is 10.1. The zero-order valence-electron chi connectivity index (χ0n) is 9.94. The molecule has 3 N–H and O–H groups in total. The van der Waals surface area contributed by atoms with Crippen LogP contribution in [0, 0.1) is 5.82 Å². The van der Waals surface area contributed by atoms with E-state index in [1.807, 2.05) is 6.07 Å². The lowest BCUT2D eigenvalue weighted by Gasteiger charge is -2.13. The first-order chi connectivity index (χ1) is 9.09. The Hall–Kier alpha value is -1.91. The Bertz CT molecular complexity index is 569. The number of anilines is 1. The van der Waals surface area contributed by atoms with E-state index in [9.17, 15) is 9.18 Å². The van der Waals surface area contributed by atoms with Gasteiger partial charge in [0.25, 0.3) is 0 Å². The molecule has 0 saturated heterocycles. The van der Waals surface area contributed by atoms with Gasteiger partial charge in [0.05, 0.1) is 10.7 Å². The van der Waals surface area contributed by atoms with E-state index in [1.54, 1.807) is 24.3 Å². The second-order valence-electron chi connectivity index (χ2n) is 3.97. The van der Waals surface area contributed by atoms with Crippen molar-refractivity contribution in [2.24, 2.45) is 5.73 Å². The number of carbonyl (C=O) groups is 1. The molecule has 0 radical (unpaired) electrons. The molecule has 0 fully saturated rings. The Kier molecular flexibility index (Phi) is 4.14. The Morgan fingerprint density at radius 3 is 2.47 bits per heavy atom. The molecule has 3 nitrogen and oxygen atoms in total. The van der Waals surface area contributed by atoms with Crippen LogP contribution in [0.2, 0.25) is 5.02 Å². The van der Waals surface area contributed by atoms with E-state index < -0.39 is 17.8 Å². The minimum atomic E-state index is -0.878. The number of amides is 1. The first-order valence-corrected chi connectivity index (χ1v) is 6.03. The molecule has 0 aromatic heterocycles. The number of rotatable bonds is 3. The molecule has 19 heavy (non-hydrogen) atoms. The van der Waals surface area contributed by atoms with Crippen LogP contribution < -0.4 is 11.1 Å². The maximum absolute atomic E-state index is 13.5. The molecular formula is C14H12ClFN2O. The van der Waals surface area contributed by atoms with Crippen molar-refractivity contribution in [2.45, 2.75) is 6.04 Å². The van der Waals surface area contributed by atoms with Gasteiger partial charge in [0.15, 0.2) is 0 Å². The molecule has 98 valence electrons. The molecule has 1 amide bonds. The van der Waals surface area contributed by atoms with Gasteiger partial charge < -0.3 is 11.1 Å². The highest BCUT2D eigenvalue weighted by molar-refractivity contribution is 6.33. The Morgan fingerprint density at radius 1 is 1.16 bits per heavy atom. The fourth-order valence-electron chi connectivity index (χ4n) is 1.63. The number of hydrogen-bond donors (Lipinski definition) is 2. The van der Waals surface area contributed by atoms with Gasteiger partial charge in [-0.2, -0.15) is 0 Å². The summed E-state index contributed by atoms with van der Waals surface area (Å²) < 4.78 is 13.5. The Balaban J connectivity index is 2.18. The van der Waals surface area contributed by atoms with E-state index in [1.165, 1.54) is 18.2 Å². The predicted octanol–water partition coefficient (Wildman–Crippen LogP) is 3.12. The average Bonchev–Trinajstić information content (AvgIpc) is 2.43. The van der Waals surface area contributed by atoms with Gasteiger partial charge >= 0.3 is 0 Å². The molecule has 0 bridgehead atoms. The minimum Gasteiger partial charge on any atom is -0.321 e. The minimum absolute atomic E-state index is 0.0550. The van der Waals surface area contributed by atoms with E-state index in [0.717, 1.165) is 0 Å². The van der Waals surface area contributed by atoms with Crippen molar-refractivity contribution >= 4 is 23.2 Å². The number of para-hydroxylation sites is 1. The lowest BCUT2D eigenvalue weighted by molar-refractivity contribution is -0.117. The number of nitrogens with one attached hydrogen (secondary N) is 1. The third-order valence-corrected chi connectivity index (χ3v) is 2.97. The van der Waals surface area contributed by atoms with E-state index in [-0.39, 0.29) is 10.7 Å². The smallest absolute Gasteiger partial charge is 0.246 e. The summed E-state index contributed by atoms with van der Waals surface area (Å²) in [7, 11) is 0. The molecule has 2 aromatic rings. The number of halogens is 2. The molecule has 0 spiro atoms. The molecule has 0 aliphatic rings. The highest BCUT2D eigenvalue weighted by Gasteiger charge is 2.18. The molecule has 0 saturated carbocycles. The Morgan fingerprint density at radius 2 is 1.84 bits per heavy atom. The summed E-state index contributed by atoms with van der Waals surface area (Å²) in [5.74, 6) is -1.11. The topological polar surface area (TPSA) is 55.1 Å². The largest absolute Gasteiger partial charge is 0.321 e. The van der Waals surface area contributed by atoms with Crippen LogP contribution in [0.1, 0.15) is 11.6 Å². The Labute approximate surface area is 115 Å². The van der Waals surface area contributed by atoms with E-state index >= 15 is 0 Å². The normalized spacial score (nSPS) is 11.9. The SMILES string of the molecule is NC(C(=O)Nc1c(F)cccc1Cl)c1ccccc1. The number of hydrogen-bond acceptors (Lipinski definition) is 2. The van der Waals surface area contributed by atoms with Gasteiger partial charge in [-0.25, -0.2) is 4.39 Å². The summed E-state index contributed by atoms with van der Waals surface area (Å²) in [6.45, 7) is 0. The monoisotopic (exact) mass is 278 g/mol. The van der Waals surface area contributed by atoms with Gasteiger partial charge in [-0.05, 0) is 17.7 Å². The molecule has 0 aliphatic heterocycles. The van der Waals surface area contributed by atoms with Crippen molar-refractivity contribution in [3.63, 3.8) is 0 Å². The zero-order chi connectivity index (χ0) is 13.8. The summed E-state index contributed by atoms with van der Waals surface area (Å²) in [5, 5.41) is 2.54. The van der Waals surface area contributed by atoms with E-state index in [2.05, 4.69) is 5.32 Å². The van der Waals surface area contributed by atoms with Crippen molar-refractivity contribution in [1.82, 2.24) is 0 Å². The van der Waals surface area contributed by atoms with Gasteiger partial charge in [-0.1, -0.05) is 48.0 Å². The van der Waals surface area contributed by atoms with Crippen LogP contribution in [0.4, 0.5) is 10.1 Å². The van der Waals surface area contributed by atoms with Crippen molar-refractivity contribution in [3.8, 4) is 0 Å². The zero-order valence-corrected chi connectivity index (χ0v) is 10.7. The van der Waals surface area contributed by atoms with Gasteiger partial charge in [0.2, 0.25) is 5.91 Å². The van der Waals surface area contributed by atoms with Crippen molar-refractivity contribution in [2.75, 3.05) is 5.32 Å². The molecule has 1 unspecified atom stereocenters. The molecule has 2 rings (SSSR count). The van der Waals surface area contributed by atoms with Crippen molar-refractivity contribution < 1.29 is 9.18 Å². The third-order valence-electron chi connectivity index (χ3n) is 2.65. The quantitative estimate of drug-likeness (QED) is 0.906. The lowest BCUT2D eigenvalue weighted by Crippen LogP contribution is -2.28. The highest BCUT2D eigenvalue weighted by Crippen LogP contribution is 2.25. The molecule has 0 heterocycles. The fourth-order valence-corrected chi connectivity index (χ4v) is 1.84. The average molecular weight is 279 g/mol. The first kappa shape index (κ1) is 13.5. The molecule has 1 atom stereocenters. The maximum atomic E-state index is 13.5. The number of nitrogens with two attached hydrogens (primary N) is 1. The van der Waals surface area contributed by atoms with Crippen LogP contribution in [0.25, 0.3) is 0 Å². The van der Waals surface area contributed by atoms with Crippen LogP contribution >= 0.6 is 11.6 Å².